The van der Waals surface area contributed by atoms with Crippen LogP contribution in [0.25, 0.3) is 0 Å². The highest BCUT2D eigenvalue weighted by Gasteiger charge is 2.40. The Balaban J connectivity index is 1.41. The van der Waals surface area contributed by atoms with Crippen molar-refractivity contribution in [2.75, 3.05) is 78.7 Å². The van der Waals surface area contributed by atoms with Gasteiger partial charge in [-0.3, -0.25) is 9.89 Å². The summed E-state index contributed by atoms with van der Waals surface area (Å²) >= 11 is 1.44. The van der Waals surface area contributed by atoms with Crippen molar-refractivity contribution < 1.29 is 33.6 Å². The van der Waals surface area contributed by atoms with E-state index in [1.54, 1.807) is 32.2 Å². The van der Waals surface area contributed by atoms with Crippen LogP contribution in [0.4, 0.5) is 0 Å². The van der Waals surface area contributed by atoms with E-state index in [4.69, 9.17) is 23.7 Å². The number of ether oxygens (including phenoxy) is 5. The molecule has 0 saturated carbocycles. The molecule has 0 spiro atoms. The Hall–Kier alpha value is -1.85. The zero-order valence-electron chi connectivity index (χ0n) is 20.1. The number of carbonyl (C=O) groups is 1. The fourth-order valence-electron chi connectivity index (χ4n) is 3.63. The Morgan fingerprint density at radius 3 is 2.50 bits per heavy atom. The van der Waals surface area contributed by atoms with Crippen LogP contribution < -0.4 is 4.74 Å². The lowest BCUT2D eigenvalue weighted by Gasteiger charge is -2.19. The number of rotatable bonds is 15. The summed E-state index contributed by atoms with van der Waals surface area (Å²) in [6, 6.07) is 5.08. The van der Waals surface area contributed by atoms with E-state index in [0.29, 0.717) is 68.4 Å². The summed E-state index contributed by atoms with van der Waals surface area (Å²) in [5.74, 6) is 0.754. The van der Waals surface area contributed by atoms with Gasteiger partial charge in [-0.1, -0.05) is 0 Å². The molecule has 0 aromatic heterocycles. The predicted octanol–water partition coefficient (Wildman–Crippen LogP) is 2.34. The lowest BCUT2D eigenvalue weighted by molar-refractivity contribution is -0.148. The number of esters is 1. The Bertz CT molecular complexity index is 817. The van der Waals surface area contributed by atoms with Gasteiger partial charge in [-0.15, -0.1) is 11.8 Å². The molecule has 0 amide bonds. The molecule has 190 valence electrons. The summed E-state index contributed by atoms with van der Waals surface area (Å²) < 4.78 is 26.8. The van der Waals surface area contributed by atoms with Crippen LogP contribution in [0.5, 0.6) is 11.5 Å². The van der Waals surface area contributed by atoms with E-state index in [2.05, 4.69) is 9.89 Å². The first-order chi connectivity index (χ1) is 16.5. The third kappa shape index (κ3) is 8.13. The minimum absolute atomic E-state index is 0.0582. The molecule has 2 aliphatic heterocycles. The maximum Gasteiger partial charge on any atom is 0.334 e. The molecule has 1 unspecified atom stereocenters. The van der Waals surface area contributed by atoms with Gasteiger partial charge in [-0.05, 0) is 45.0 Å². The van der Waals surface area contributed by atoms with Crippen molar-refractivity contribution in [3.05, 3.63) is 23.8 Å². The Labute approximate surface area is 205 Å². The maximum absolute atomic E-state index is 12.6. The molecule has 34 heavy (non-hydrogen) atoms. The summed E-state index contributed by atoms with van der Waals surface area (Å²) in [6.07, 6.45) is 2.42. The van der Waals surface area contributed by atoms with Gasteiger partial charge in [-0.2, -0.15) is 0 Å². The fourth-order valence-corrected chi connectivity index (χ4v) is 4.83. The van der Waals surface area contributed by atoms with Gasteiger partial charge < -0.3 is 28.8 Å². The highest BCUT2D eigenvalue weighted by molar-refractivity contribution is 8.14. The smallest absolute Gasteiger partial charge is 0.334 e. The minimum Gasteiger partial charge on any atom is -0.507 e. The number of carbonyl (C=O) groups excluding carboxylic acids is 1. The molecular weight excluding hydrogens is 460 g/mol. The second kappa shape index (κ2) is 13.9. The van der Waals surface area contributed by atoms with Crippen LogP contribution in [-0.4, -0.2) is 105 Å². The van der Waals surface area contributed by atoms with Gasteiger partial charge in [0.2, 0.25) is 0 Å². The Kier molecular flexibility index (Phi) is 10.9. The number of hydrogen-bond donors (Lipinski definition) is 1. The van der Waals surface area contributed by atoms with Crippen LogP contribution in [-0.2, 0) is 23.7 Å². The van der Waals surface area contributed by atoms with Gasteiger partial charge in [0.25, 0.3) is 0 Å². The number of hydrogen-bond acceptors (Lipinski definition) is 10. The number of benzene rings is 1. The number of likely N-dealkylation sites (tertiary alicyclic amines) is 1. The summed E-state index contributed by atoms with van der Waals surface area (Å²) in [4.78, 5) is 19.6. The Morgan fingerprint density at radius 1 is 1.09 bits per heavy atom. The SMILES string of the molecule is COCCOCCOCCOc1ccc(C2=NC(C)(C(=O)OCCN3CCCC3)CS2)c(O)c1. The van der Waals surface area contributed by atoms with Gasteiger partial charge in [-0.25, -0.2) is 4.79 Å². The van der Waals surface area contributed by atoms with Crippen LogP contribution in [0.15, 0.2) is 23.2 Å². The van der Waals surface area contributed by atoms with Crippen LogP contribution in [0.3, 0.4) is 0 Å². The quantitative estimate of drug-likeness (QED) is 0.290. The van der Waals surface area contributed by atoms with Gasteiger partial charge >= 0.3 is 5.97 Å². The van der Waals surface area contributed by atoms with Crippen LogP contribution in [0.2, 0.25) is 0 Å². The van der Waals surface area contributed by atoms with E-state index in [1.807, 2.05) is 0 Å². The van der Waals surface area contributed by atoms with Crippen molar-refractivity contribution in [3.8, 4) is 11.5 Å². The van der Waals surface area contributed by atoms with Crippen molar-refractivity contribution in [2.24, 2.45) is 4.99 Å². The van der Waals surface area contributed by atoms with Gasteiger partial charge in [0.15, 0.2) is 5.54 Å². The summed E-state index contributed by atoms with van der Waals surface area (Å²) in [7, 11) is 1.63. The average molecular weight is 497 g/mol. The summed E-state index contributed by atoms with van der Waals surface area (Å²) in [5, 5.41) is 11.1. The highest BCUT2D eigenvalue weighted by atomic mass is 32.2. The molecule has 10 heteroatoms. The lowest BCUT2D eigenvalue weighted by atomic mass is 10.1. The normalized spacial score (nSPS) is 20.5. The number of nitrogens with zero attached hydrogens (tertiary/aromatic N) is 2. The molecule has 1 N–H and O–H groups in total. The third-order valence-electron chi connectivity index (χ3n) is 5.62. The number of phenolic OH excluding ortho intramolecular Hbond substituents is 1. The predicted molar refractivity (Wildman–Crippen MR) is 131 cm³/mol. The molecule has 2 aliphatic rings. The van der Waals surface area contributed by atoms with Crippen molar-refractivity contribution in [1.29, 1.82) is 0 Å². The molecular formula is C24H36N2O7S. The minimum atomic E-state index is -0.947. The lowest BCUT2D eigenvalue weighted by Crippen LogP contribution is -2.37. The maximum atomic E-state index is 12.6. The molecule has 0 aliphatic carbocycles. The van der Waals surface area contributed by atoms with Crippen molar-refractivity contribution in [1.82, 2.24) is 4.90 Å². The monoisotopic (exact) mass is 496 g/mol. The first kappa shape index (κ1) is 26.7. The first-order valence-electron chi connectivity index (χ1n) is 11.7. The van der Waals surface area contributed by atoms with Gasteiger partial charge in [0.05, 0.1) is 33.0 Å². The first-order valence-corrected chi connectivity index (χ1v) is 12.7. The number of phenols is 1. The number of thioether (sulfide) groups is 1. The van der Waals surface area contributed by atoms with Crippen molar-refractivity contribution in [3.63, 3.8) is 0 Å². The zero-order chi connectivity index (χ0) is 24.2. The van der Waals surface area contributed by atoms with E-state index in [0.717, 1.165) is 19.6 Å². The standard InChI is InChI=1S/C24H36N2O7S/c1-24(23(28)33-10-9-26-7-3-4-8-26)18-34-22(25-24)20-6-5-19(17-21(20)27)32-16-15-31-14-13-30-12-11-29-2/h5-6,17,27H,3-4,7-16,18H2,1-2H3. The molecule has 1 saturated heterocycles. The largest absolute Gasteiger partial charge is 0.507 e. The van der Waals surface area contributed by atoms with Crippen LogP contribution in [0.1, 0.15) is 25.3 Å². The van der Waals surface area contributed by atoms with Crippen LogP contribution >= 0.6 is 11.8 Å². The van der Waals surface area contributed by atoms with E-state index < -0.39 is 5.54 Å². The molecule has 9 nitrogen and oxygen atoms in total. The van der Waals surface area contributed by atoms with Crippen molar-refractivity contribution >= 4 is 22.8 Å². The molecule has 0 radical (unpaired) electrons. The molecule has 1 aromatic carbocycles. The second-order valence-electron chi connectivity index (χ2n) is 8.41. The fraction of sp³-hybridized carbons (Fsp3) is 0.667. The molecule has 1 fully saturated rings. The number of aliphatic imine (C=N–C) groups is 1. The third-order valence-corrected chi connectivity index (χ3v) is 6.91. The van der Waals surface area contributed by atoms with Gasteiger partial charge in [0, 0.05) is 31.0 Å². The van der Waals surface area contributed by atoms with Crippen molar-refractivity contribution in [2.45, 2.75) is 25.3 Å². The number of methoxy groups -OCH3 is 1. The topological polar surface area (TPSA) is 99.0 Å². The average Bonchev–Trinajstić information content (AvgIpc) is 3.48. The molecule has 0 bridgehead atoms. The number of aromatic hydroxyl groups is 1. The van der Waals surface area contributed by atoms with E-state index in [1.165, 1.54) is 24.6 Å². The van der Waals surface area contributed by atoms with E-state index in [9.17, 15) is 9.90 Å². The molecule has 3 rings (SSSR count). The zero-order valence-corrected chi connectivity index (χ0v) is 20.9. The van der Waals surface area contributed by atoms with Gasteiger partial charge in [0.1, 0.15) is 29.8 Å². The van der Waals surface area contributed by atoms with Crippen LogP contribution in [0, 0.1) is 0 Å². The molecule has 1 aromatic rings. The van der Waals surface area contributed by atoms with E-state index >= 15 is 0 Å². The molecule has 2 heterocycles. The van der Waals surface area contributed by atoms with E-state index in [-0.39, 0.29) is 11.7 Å². The second-order valence-corrected chi connectivity index (χ2v) is 9.37. The summed E-state index contributed by atoms with van der Waals surface area (Å²) in [5.41, 5.74) is -0.368. The highest BCUT2D eigenvalue weighted by Crippen LogP contribution is 2.36. The summed E-state index contributed by atoms with van der Waals surface area (Å²) in [6.45, 7) is 7.93. The Morgan fingerprint density at radius 2 is 1.79 bits per heavy atom. The molecule has 1 atom stereocenters.